The Bertz CT molecular complexity index is 619. The van der Waals surface area contributed by atoms with Crippen LogP contribution in [-0.4, -0.2) is 13.0 Å². The van der Waals surface area contributed by atoms with E-state index in [1.807, 2.05) is 39.1 Å². The minimum Gasteiger partial charge on any atom is -0.388 e. The van der Waals surface area contributed by atoms with E-state index in [2.05, 4.69) is 29.7 Å². The van der Waals surface area contributed by atoms with E-state index in [1.165, 1.54) is 9.75 Å². The molecule has 1 aromatic carbocycles. The Labute approximate surface area is 124 Å². The number of thiophene rings is 1. The highest BCUT2D eigenvalue weighted by Gasteiger charge is 2.14. The summed E-state index contributed by atoms with van der Waals surface area (Å²) in [5, 5.41) is 6.13. The predicted molar refractivity (Wildman–Crippen MR) is 85.7 cm³/mol. The molecule has 3 nitrogen and oxygen atoms in total. The van der Waals surface area contributed by atoms with Gasteiger partial charge in [-0.25, -0.2) is 0 Å². The monoisotopic (exact) mass is 288 g/mol. The Balaban J connectivity index is 2.12. The molecule has 0 radical (unpaired) electrons. The van der Waals surface area contributed by atoms with Crippen LogP contribution in [0.3, 0.4) is 0 Å². The van der Waals surface area contributed by atoms with Crippen molar-refractivity contribution in [2.75, 3.05) is 12.4 Å². The molecule has 2 aromatic rings. The second-order valence-corrected chi connectivity index (χ2v) is 6.24. The zero-order valence-corrected chi connectivity index (χ0v) is 13.1. The lowest BCUT2D eigenvalue weighted by Gasteiger charge is -2.14. The Kier molecular flexibility index (Phi) is 4.45. The van der Waals surface area contributed by atoms with E-state index in [-0.39, 0.29) is 11.9 Å². The first-order chi connectivity index (χ1) is 9.51. The Morgan fingerprint density at radius 1 is 1.20 bits per heavy atom. The summed E-state index contributed by atoms with van der Waals surface area (Å²) < 4.78 is 0. The smallest absolute Gasteiger partial charge is 0.252 e. The molecular weight excluding hydrogens is 268 g/mol. The average molecular weight is 288 g/mol. The van der Waals surface area contributed by atoms with Crippen molar-refractivity contribution in [2.45, 2.75) is 26.8 Å². The quantitative estimate of drug-likeness (QED) is 0.896. The minimum absolute atomic E-state index is 0.0243. The van der Waals surface area contributed by atoms with E-state index in [1.54, 1.807) is 11.3 Å². The molecule has 0 aliphatic carbocycles. The van der Waals surface area contributed by atoms with Gasteiger partial charge in [0.15, 0.2) is 0 Å². The first kappa shape index (κ1) is 14.6. The second kappa shape index (κ2) is 6.09. The third kappa shape index (κ3) is 3.20. The highest BCUT2D eigenvalue weighted by atomic mass is 32.1. The molecule has 1 aromatic heterocycles. The molecule has 4 heteroatoms. The van der Waals surface area contributed by atoms with Crippen LogP contribution in [0, 0.1) is 13.8 Å². The van der Waals surface area contributed by atoms with Gasteiger partial charge < -0.3 is 10.6 Å². The van der Waals surface area contributed by atoms with E-state index in [0.717, 1.165) is 16.8 Å². The molecule has 2 N–H and O–H groups in total. The van der Waals surface area contributed by atoms with Crippen molar-refractivity contribution in [2.24, 2.45) is 0 Å². The van der Waals surface area contributed by atoms with Crippen molar-refractivity contribution in [1.29, 1.82) is 0 Å². The van der Waals surface area contributed by atoms with Crippen LogP contribution in [0.4, 0.5) is 5.69 Å². The molecular formula is C16H20N2OS. The number of aryl methyl sites for hydroxylation is 2. The van der Waals surface area contributed by atoms with Gasteiger partial charge in [0, 0.05) is 28.1 Å². The van der Waals surface area contributed by atoms with E-state index >= 15 is 0 Å². The number of carbonyl (C=O) groups is 1. The maximum absolute atomic E-state index is 12.3. The largest absolute Gasteiger partial charge is 0.388 e. The van der Waals surface area contributed by atoms with Gasteiger partial charge in [-0.3, -0.25) is 4.79 Å². The van der Waals surface area contributed by atoms with Crippen LogP contribution in [0.1, 0.15) is 38.6 Å². The predicted octanol–water partition coefficient (Wildman–Crippen LogP) is 3.90. The molecule has 20 heavy (non-hydrogen) atoms. The summed E-state index contributed by atoms with van der Waals surface area (Å²) in [6.45, 7) is 6.04. The molecule has 2 rings (SSSR count). The van der Waals surface area contributed by atoms with Crippen molar-refractivity contribution in [3.63, 3.8) is 0 Å². The maximum Gasteiger partial charge on any atom is 0.252 e. The number of hydrogen-bond acceptors (Lipinski definition) is 3. The van der Waals surface area contributed by atoms with Gasteiger partial charge in [-0.2, -0.15) is 0 Å². The van der Waals surface area contributed by atoms with Crippen molar-refractivity contribution in [1.82, 2.24) is 5.32 Å². The second-order valence-electron chi connectivity index (χ2n) is 4.92. The highest BCUT2D eigenvalue weighted by Crippen LogP contribution is 2.23. The van der Waals surface area contributed by atoms with E-state index in [0.29, 0.717) is 0 Å². The van der Waals surface area contributed by atoms with Crippen molar-refractivity contribution >= 4 is 22.9 Å². The number of carbonyl (C=O) groups excluding carboxylic acids is 1. The molecule has 0 saturated heterocycles. The molecule has 106 valence electrons. The number of nitrogens with one attached hydrogen (secondary N) is 2. The molecule has 0 bridgehead atoms. The fourth-order valence-electron chi connectivity index (χ4n) is 2.11. The fourth-order valence-corrected chi connectivity index (χ4v) is 2.99. The molecule has 0 saturated carbocycles. The van der Waals surface area contributed by atoms with Gasteiger partial charge >= 0.3 is 0 Å². The summed E-state index contributed by atoms with van der Waals surface area (Å²) in [6, 6.07) is 9.95. The maximum atomic E-state index is 12.3. The van der Waals surface area contributed by atoms with E-state index < -0.39 is 0 Å². The highest BCUT2D eigenvalue weighted by molar-refractivity contribution is 7.12. The SMILES string of the molecule is CNc1ccc(C(=O)NC(C)c2ccc(C)s2)c(C)c1. The Hall–Kier alpha value is -1.81. The molecule has 0 aliphatic rings. The van der Waals surface area contributed by atoms with Gasteiger partial charge in [0.05, 0.1) is 6.04 Å². The number of hydrogen-bond donors (Lipinski definition) is 2. The normalized spacial score (nSPS) is 12.0. The average Bonchev–Trinajstić information content (AvgIpc) is 2.85. The van der Waals surface area contributed by atoms with E-state index in [9.17, 15) is 4.79 Å². The summed E-state index contributed by atoms with van der Waals surface area (Å²) in [6.07, 6.45) is 0. The summed E-state index contributed by atoms with van der Waals surface area (Å²) in [5.74, 6) is -0.0243. The van der Waals surface area contributed by atoms with Crippen molar-refractivity contribution in [3.8, 4) is 0 Å². The van der Waals surface area contributed by atoms with Gasteiger partial charge in [0.2, 0.25) is 0 Å². The zero-order chi connectivity index (χ0) is 14.7. The molecule has 1 unspecified atom stereocenters. The lowest BCUT2D eigenvalue weighted by molar-refractivity contribution is 0.0940. The van der Waals surface area contributed by atoms with E-state index in [4.69, 9.17) is 0 Å². The van der Waals surface area contributed by atoms with Crippen molar-refractivity contribution in [3.05, 3.63) is 51.2 Å². The van der Waals surface area contributed by atoms with Gasteiger partial charge in [-0.05, 0) is 56.7 Å². The Morgan fingerprint density at radius 3 is 2.50 bits per heavy atom. The first-order valence-corrected chi connectivity index (χ1v) is 7.48. The fraction of sp³-hybridized carbons (Fsp3) is 0.312. The van der Waals surface area contributed by atoms with Crippen LogP contribution < -0.4 is 10.6 Å². The van der Waals surface area contributed by atoms with Crippen molar-refractivity contribution < 1.29 is 4.79 Å². The molecule has 1 amide bonds. The van der Waals surface area contributed by atoms with Crippen LogP contribution in [0.2, 0.25) is 0 Å². The van der Waals surface area contributed by atoms with Crippen LogP contribution in [-0.2, 0) is 0 Å². The Morgan fingerprint density at radius 2 is 1.95 bits per heavy atom. The number of benzene rings is 1. The molecule has 0 aliphatic heterocycles. The third-order valence-electron chi connectivity index (χ3n) is 3.30. The van der Waals surface area contributed by atoms with Crippen LogP contribution >= 0.6 is 11.3 Å². The summed E-state index contributed by atoms with van der Waals surface area (Å²) in [7, 11) is 1.87. The van der Waals surface area contributed by atoms with Crippen LogP contribution in [0.25, 0.3) is 0 Å². The standard InChI is InChI=1S/C16H20N2OS/c1-10-9-13(17-4)6-7-14(10)16(19)18-12(3)15-8-5-11(2)20-15/h5-9,12,17H,1-4H3,(H,18,19). The van der Waals surface area contributed by atoms with Gasteiger partial charge in [-0.1, -0.05) is 0 Å². The van der Waals surface area contributed by atoms with Crippen LogP contribution in [0.15, 0.2) is 30.3 Å². The van der Waals surface area contributed by atoms with Gasteiger partial charge in [-0.15, -0.1) is 11.3 Å². The zero-order valence-electron chi connectivity index (χ0n) is 12.3. The lowest BCUT2D eigenvalue weighted by atomic mass is 10.1. The van der Waals surface area contributed by atoms with Crippen LogP contribution in [0.5, 0.6) is 0 Å². The summed E-state index contributed by atoms with van der Waals surface area (Å²) in [4.78, 5) is 14.8. The lowest BCUT2D eigenvalue weighted by Crippen LogP contribution is -2.26. The number of amides is 1. The number of anilines is 1. The molecule has 0 spiro atoms. The topological polar surface area (TPSA) is 41.1 Å². The molecule has 1 atom stereocenters. The van der Waals surface area contributed by atoms with Gasteiger partial charge in [0.1, 0.15) is 0 Å². The molecule has 0 fully saturated rings. The number of rotatable bonds is 4. The third-order valence-corrected chi connectivity index (χ3v) is 4.48. The van der Waals surface area contributed by atoms with Gasteiger partial charge in [0.25, 0.3) is 5.91 Å². The summed E-state index contributed by atoms with van der Waals surface area (Å²) >= 11 is 1.72. The molecule has 1 heterocycles. The first-order valence-electron chi connectivity index (χ1n) is 6.67. The minimum atomic E-state index is -0.0243. The summed E-state index contributed by atoms with van der Waals surface area (Å²) in [5.41, 5.74) is 2.72.